The monoisotopic (exact) mass is 638 g/mol. The van der Waals surface area contributed by atoms with E-state index < -0.39 is 23.6 Å². The number of imidazole rings is 1. The molecule has 0 bridgehead atoms. The van der Waals surface area contributed by atoms with Crippen LogP contribution in [0.3, 0.4) is 0 Å². The van der Waals surface area contributed by atoms with Crippen molar-refractivity contribution >= 4 is 57.0 Å². The van der Waals surface area contributed by atoms with Crippen LogP contribution >= 0.6 is 27.5 Å². The van der Waals surface area contributed by atoms with Gasteiger partial charge in [-0.25, -0.2) is 9.78 Å². The number of hydrogen-bond donors (Lipinski definition) is 1. The van der Waals surface area contributed by atoms with Gasteiger partial charge in [0.05, 0.1) is 30.0 Å². The van der Waals surface area contributed by atoms with Gasteiger partial charge in [-0.3, -0.25) is 19.3 Å². The zero-order valence-electron chi connectivity index (χ0n) is 22.8. The van der Waals surface area contributed by atoms with Gasteiger partial charge in [0.25, 0.3) is 11.8 Å². The Morgan fingerprint density at radius 2 is 1.77 bits per heavy atom. The molecule has 2 fully saturated rings. The fourth-order valence-electron chi connectivity index (χ4n) is 4.41. The van der Waals surface area contributed by atoms with Gasteiger partial charge in [-0.15, -0.1) is 0 Å². The van der Waals surface area contributed by atoms with E-state index in [-0.39, 0.29) is 41.4 Å². The van der Waals surface area contributed by atoms with Crippen LogP contribution in [0.2, 0.25) is 5.02 Å². The van der Waals surface area contributed by atoms with E-state index in [2.05, 4.69) is 26.2 Å². The van der Waals surface area contributed by atoms with Gasteiger partial charge in [0.2, 0.25) is 5.91 Å². The van der Waals surface area contributed by atoms with Gasteiger partial charge in [-0.1, -0.05) is 11.6 Å². The predicted octanol–water partition coefficient (Wildman–Crippen LogP) is 3.01. The van der Waals surface area contributed by atoms with E-state index in [1.807, 2.05) is 0 Å². The van der Waals surface area contributed by atoms with Crippen molar-refractivity contribution < 1.29 is 28.7 Å². The topological polar surface area (TPSA) is 126 Å². The molecule has 1 aromatic carbocycles. The van der Waals surface area contributed by atoms with E-state index in [4.69, 9.17) is 21.1 Å². The summed E-state index contributed by atoms with van der Waals surface area (Å²) in [7, 11) is 1.70. The zero-order chi connectivity index (χ0) is 29.2. The van der Waals surface area contributed by atoms with Crippen LogP contribution in [0.15, 0.2) is 29.0 Å². The molecule has 14 heteroatoms. The van der Waals surface area contributed by atoms with Crippen LogP contribution in [0, 0.1) is 0 Å². The largest absolute Gasteiger partial charge is 0.444 e. The first-order chi connectivity index (χ1) is 18.9. The summed E-state index contributed by atoms with van der Waals surface area (Å²) in [4.78, 5) is 60.5. The Kier molecular flexibility index (Phi) is 9.06. The summed E-state index contributed by atoms with van der Waals surface area (Å²) >= 11 is 9.73. The highest BCUT2D eigenvalue weighted by Gasteiger charge is 2.39. The van der Waals surface area contributed by atoms with Crippen molar-refractivity contribution in [2.75, 3.05) is 51.3 Å². The summed E-state index contributed by atoms with van der Waals surface area (Å²) in [6.45, 7) is 7.20. The molecule has 1 atom stereocenters. The standard InChI is InChI=1S/C26H32BrClN6O6/c1-26(2,3)40-25(38)34-11-12-39-15-19(34)24(37)33-9-7-32(8-10-33)23(36)17-6-5-16(13-18(17)28)30-22(35)21-29-14-20(27)31(21)4/h5-6,13-14,19H,7-12,15H2,1-4H3,(H,30,35)/t19-/m0/s1. The number of carbonyl (C=O) groups is 4. The van der Waals surface area contributed by atoms with E-state index >= 15 is 0 Å². The number of anilines is 1. The van der Waals surface area contributed by atoms with Gasteiger partial charge in [0.15, 0.2) is 5.82 Å². The second-order valence-electron chi connectivity index (χ2n) is 10.5. The molecule has 0 unspecified atom stereocenters. The molecule has 0 aliphatic carbocycles. The van der Waals surface area contributed by atoms with Crippen molar-refractivity contribution in [2.45, 2.75) is 32.4 Å². The minimum atomic E-state index is -0.782. The first kappa shape index (κ1) is 29.8. The number of morpholine rings is 1. The quantitative estimate of drug-likeness (QED) is 0.545. The lowest BCUT2D eigenvalue weighted by molar-refractivity contribution is -0.144. The molecule has 0 spiro atoms. The molecule has 40 heavy (non-hydrogen) atoms. The van der Waals surface area contributed by atoms with Crippen LogP contribution in [0.4, 0.5) is 10.5 Å². The van der Waals surface area contributed by atoms with Gasteiger partial charge in [-0.2, -0.15) is 0 Å². The highest BCUT2D eigenvalue weighted by molar-refractivity contribution is 9.10. The van der Waals surface area contributed by atoms with Crippen LogP contribution in [0.1, 0.15) is 41.7 Å². The lowest BCUT2D eigenvalue weighted by Gasteiger charge is -2.40. The molecule has 4 amide bonds. The minimum Gasteiger partial charge on any atom is -0.444 e. The minimum absolute atomic E-state index is 0.0904. The maximum atomic E-state index is 13.3. The first-order valence-corrected chi connectivity index (χ1v) is 14.0. The summed E-state index contributed by atoms with van der Waals surface area (Å²) in [5.41, 5.74) is 0.0254. The molecule has 0 saturated carbocycles. The molecule has 3 heterocycles. The van der Waals surface area contributed by atoms with Crippen molar-refractivity contribution in [1.29, 1.82) is 0 Å². The Labute approximate surface area is 245 Å². The molecule has 1 N–H and O–H groups in total. The van der Waals surface area contributed by atoms with Crippen molar-refractivity contribution in [3.63, 3.8) is 0 Å². The van der Waals surface area contributed by atoms with Gasteiger partial charge in [0.1, 0.15) is 16.2 Å². The van der Waals surface area contributed by atoms with E-state index in [0.29, 0.717) is 43.1 Å². The van der Waals surface area contributed by atoms with Gasteiger partial charge in [-0.05, 0) is 54.9 Å². The average molecular weight is 640 g/mol. The number of hydrogen-bond acceptors (Lipinski definition) is 7. The second kappa shape index (κ2) is 12.1. The fourth-order valence-corrected chi connectivity index (χ4v) is 4.94. The van der Waals surface area contributed by atoms with Gasteiger partial charge in [0, 0.05) is 45.5 Å². The van der Waals surface area contributed by atoms with Crippen LogP contribution < -0.4 is 5.32 Å². The number of piperazine rings is 1. The number of ether oxygens (including phenoxy) is 2. The highest BCUT2D eigenvalue weighted by atomic mass is 79.9. The van der Waals surface area contributed by atoms with Crippen molar-refractivity contribution in [2.24, 2.45) is 7.05 Å². The molecule has 216 valence electrons. The van der Waals surface area contributed by atoms with Crippen LogP contribution in [0.5, 0.6) is 0 Å². The Hall–Kier alpha value is -3.16. The number of carbonyl (C=O) groups excluding carboxylic acids is 4. The summed E-state index contributed by atoms with van der Waals surface area (Å²) in [5.74, 6) is -0.725. The Balaban J connectivity index is 1.35. The molecule has 1 aromatic heterocycles. The van der Waals surface area contributed by atoms with Crippen LogP contribution in [0.25, 0.3) is 0 Å². The maximum absolute atomic E-state index is 13.3. The molecular formula is C26H32BrClN6O6. The number of rotatable bonds is 4. The number of nitrogens with zero attached hydrogens (tertiary/aromatic N) is 5. The lowest BCUT2D eigenvalue weighted by Crippen LogP contribution is -2.60. The normalized spacial score (nSPS) is 17.9. The second-order valence-corrected chi connectivity index (χ2v) is 11.7. The number of nitrogens with one attached hydrogen (secondary N) is 1. The van der Waals surface area contributed by atoms with E-state index in [1.54, 1.807) is 54.3 Å². The molecule has 12 nitrogen and oxygen atoms in total. The summed E-state index contributed by atoms with van der Waals surface area (Å²) in [5, 5.41) is 2.92. The lowest BCUT2D eigenvalue weighted by atomic mass is 10.1. The number of halogens is 2. The molecule has 2 aromatic rings. The van der Waals surface area contributed by atoms with Crippen molar-refractivity contribution in [1.82, 2.24) is 24.3 Å². The molecule has 4 rings (SSSR count). The molecule has 0 radical (unpaired) electrons. The smallest absolute Gasteiger partial charge is 0.411 e. The number of aromatic nitrogens is 2. The summed E-state index contributed by atoms with van der Waals surface area (Å²) in [6, 6.07) is 3.89. The number of benzene rings is 1. The maximum Gasteiger partial charge on any atom is 0.411 e. The molecule has 2 aliphatic rings. The Morgan fingerprint density at radius 3 is 2.38 bits per heavy atom. The zero-order valence-corrected chi connectivity index (χ0v) is 25.1. The SMILES string of the molecule is Cn1c(Br)cnc1C(=O)Nc1ccc(C(=O)N2CCN(C(=O)[C@@H]3COCCN3C(=O)OC(C)(C)C)CC2)c(Cl)c1. The Morgan fingerprint density at radius 1 is 1.10 bits per heavy atom. The average Bonchev–Trinajstić information content (AvgIpc) is 3.25. The third kappa shape index (κ3) is 6.76. The molecular weight excluding hydrogens is 608 g/mol. The summed E-state index contributed by atoms with van der Waals surface area (Å²) in [6.07, 6.45) is 0.974. The van der Waals surface area contributed by atoms with Crippen molar-refractivity contribution in [3.8, 4) is 0 Å². The van der Waals surface area contributed by atoms with Crippen molar-refractivity contribution in [3.05, 3.63) is 45.4 Å². The Bertz CT molecular complexity index is 1300. The van der Waals surface area contributed by atoms with Gasteiger partial charge >= 0.3 is 6.09 Å². The summed E-state index contributed by atoms with van der Waals surface area (Å²) < 4.78 is 13.2. The van der Waals surface area contributed by atoms with Crippen LogP contribution in [-0.4, -0.2) is 106 Å². The number of amides is 4. The van der Waals surface area contributed by atoms with Gasteiger partial charge < -0.3 is 29.2 Å². The van der Waals surface area contributed by atoms with Crippen LogP contribution in [-0.2, 0) is 21.3 Å². The third-order valence-corrected chi connectivity index (χ3v) is 7.56. The fraction of sp³-hybridized carbons (Fsp3) is 0.500. The third-order valence-electron chi connectivity index (χ3n) is 6.51. The predicted molar refractivity (Wildman–Crippen MR) is 150 cm³/mol. The van der Waals surface area contributed by atoms with E-state index in [1.165, 1.54) is 17.2 Å². The van der Waals surface area contributed by atoms with E-state index in [9.17, 15) is 19.2 Å². The molecule has 2 saturated heterocycles. The first-order valence-electron chi connectivity index (χ1n) is 12.8. The highest BCUT2D eigenvalue weighted by Crippen LogP contribution is 2.24. The molecule has 2 aliphatic heterocycles. The van der Waals surface area contributed by atoms with E-state index in [0.717, 1.165) is 0 Å².